The van der Waals surface area contributed by atoms with Crippen molar-refractivity contribution >= 4 is 11.4 Å². The van der Waals surface area contributed by atoms with Crippen molar-refractivity contribution in [3.05, 3.63) is 18.2 Å². The molecule has 16 heavy (non-hydrogen) atoms. The molecule has 0 amide bonds. The third-order valence-electron chi connectivity index (χ3n) is 3.08. The largest absolute Gasteiger partial charge is 0.497 e. The highest BCUT2D eigenvalue weighted by Crippen LogP contribution is 2.28. The number of ether oxygens (including phenoxy) is 1. The highest BCUT2D eigenvalue weighted by atomic mass is 16.5. The Hall–Kier alpha value is -1.42. The quantitative estimate of drug-likeness (QED) is 0.757. The Morgan fingerprint density at radius 3 is 2.50 bits per heavy atom. The van der Waals surface area contributed by atoms with Crippen molar-refractivity contribution in [1.82, 2.24) is 4.90 Å². The second-order valence-electron chi connectivity index (χ2n) is 4.22. The maximum absolute atomic E-state index is 6.00. The molecule has 1 aliphatic heterocycles. The van der Waals surface area contributed by atoms with Crippen LogP contribution >= 0.6 is 0 Å². The zero-order valence-electron chi connectivity index (χ0n) is 9.94. The van der Waals surface area contributed by atoms with Crippen molar-refractivity contribution in [1.29, 1.82) is 0 Å². The van der Waals surface area contributed by atoms with E-state index in [-0.39, 0.29) is 0 Å². The van der Waals surface area contributed by atoms with Gasteiger partial charge in [-0.1, -0.05) is 0 Å². The summed E-state index contributed by atoms with van der Waals surface area (Å²) in [6, 6.07) is 5.82. The van der Waals surface area contributed by atoms with Crippen LogP contribution in [0.15, 0.2) is 18.2 Å². The predicted molar refractivity (Wildman–Crippen MR) is 67.1 cm³/mol. The maximum Gasteiger partial charge on any atom is 0.121 e. The fraction of sp³-hybridized carbons (Fsp3) is 0.500. The molecule has 0 atom stereocenters. The van der Waals surface area contributed by atoms with Crippen LogP contribution in [0.5, 0.6) is 5.75 Å². The molecule has 4 nitrogen and oxygen atoms in total. The standard InChI is InChI=1S/C12H19N3O/c1-14-5-7-15(8-6-14)12-9-10(16-2)3-4-11(12)13/h3-4,9H,5-8,13H2,1-2H3. The summed E-state index contributed by atoms with van der Waals surface area (Å²) in [4.78, 5) is 4.64. The summed E-state index contributed by atoms with van der Waals surface area (Å²) >= 11 is 0. The summed E-state index contributed by atoms with van der Waals surface area (Å²) in [5.41, 5.74) is 7.91. The number of benzene rings is 1. The topological polar surface area (TPSA) is 41.7 Å². The molecule has 1 aromatic rings. The van der Waals surface area contributed by atoms with Crippen LogP contribution in [0.1, 0.15) is 0 Å². The molecule has 0 saturated carbocycles. The lowest BCUT2D eigenvalue weighted by molar-refractivity contribution is 0.313. The van der Waals surface area contributed by atoms with Crippen molar-refractivity contribution in [3.63, 3.8) is 0 Å². The minimum Gasteiger partial charge on any atom is -0.497 e. The number of anilines is 2. The Kier molecular flexibility index (Phi) is 3.19. The number of nitrogens with two attached hydrogens (primary N) is 1. The van der Waals surface area contributed by atoms with Gasteiger partial charge in [0.1, 0.15) is 5.75 Å². The molecular formula is C12H19N3O. The molecule has 0 spiro atoms. The average molecular weight is 221 g/mol. The van der Waals surface area contributed by atoms with Gasteiger partial charge in [-0.25, -0.2) is 0 Å². The zero-order valence-corrected chi connectivity index (χ0v) is 9.94. The van der Waals surface area contributed by atoms with Gasteiger partial charge in [0, 0.05) is 32.2 Å². The van der Waals surface area contributed by atoms with E-state index in [0.717, 1.165) is 43.3 Å². The van der Waals surface area contributed by atoms with Gasteiger partial charge in [-0.2, -0.15) is 0 Å². The molecule has 1 fully saturated rings. The van der Waals surface area contributed by atoms with E-state index in [1.165, 1.54) is 0 Å². The molecule has 0 bridgehead atoms. The second-order valence-corrected chi connectivity index (χ2v) is 4.22. The predicted octanol–water partition coefficient (Wildman–Crippen LogP) is 1.03. The van der Waals surface area contributed by atoms with Gasteiger partial charge in [-0.05, 0) is 19.2 Å². The van der Waals surface area contributed by atoms with Crippen molar-refractivity contribution in [3.8, 4) is 5.75 Å². The Labute approximate surface area is 96.6 Å². The van der Waals surface area contributed by atoms with Crippen LogP contribution in [0.2, 0.25) is 0 Å². The smallest absolute Gasteiger partial charge is 0.121 e. The van der Waals surface area contributed by atoms with Gasteiger partial charge in [0.05, 0.1) is 18.5 Å². The summed E-state index contributed by atoms with van der Waals surface area (Å²) in [7, 11) is 3.82. The molecule has 88 valence electrons. The van der Waals surface area contributed by atoms with Gasteiger partial charge >= 0.3 is 0 Å². The average Bonchev–Trinajstić information content (AvgIpc) is 2.31. The molecule has 1 saturated heterocycles. The van der Waals surface area contributed by atoms with Gasteiger partial charge in [0.25, 0.3) is 0 Å². The third kappa shape index (κ3) is 2.22. The second kappa shape index (κ2) is 4.61. The molecule has 1 heterocycles. The van der Waals surface area contributed by atoms with Crippen LogP contribution in [0.4, 0.5) is 11.4 Å². The normalized spacial score (nSPS) is 17.5. The molecule has 4 heteroatoms. The minimum atomic E-state index is 0.824. The van der Waals surface area contributed by atoms with Crippen molar-refractivity contribution < 1.29 is 4.74 Å². The fourth-order valence-corrected chi connectivity index (χ4v) is 1.97. The first-order chi connectivity index (χ1) is 7.70. The lowest BCUT2D eigenvalue weighted by Gasteiger charge is -2.34. The lowest BCUT2D eigenvalue weighted by Crippen LogP contribution is -2.44. The lowest BCUT2D eigenvalue weighted by atomic mass is 10.2. The van der Waals surface area contributed by atoms with Crippen molar-refractivity contribution in [2.45, 2.75) is 0 Å². The molecule has 2 N–H and O–H groups in total. The molecule has 1 aliphatic rings. The number of hydrogen-bond donors (Lipinski definition) is 1. The van der Waals surface area contributed by atoms with E-state index in [9.17, 15) is 0 Å². The summed E-state index contributed by atoms with van der Waals surface area (Å²) in [6.07, 6.45) is 0. The first kappa shape index (κ1) is 11.1. The first-order valence-electron chi connectivity index (χ1n) is 5.57. The summed E-state index contributed by atoms with van der Waals surface area (Å²) in [6.45, 7) is 4.20. The Morgan fingerprint density at radius 1 is 1.19 bits per heavy atom. The van der Waals surface area contributed by atoms with Crippen LogP contribution in [-0.4, -0.2) is 45.2 Å². The molecule has 1 aromatic carbocycles. The van der Waals surface area contributed by atoms with Crippen molar-refractivity contribution in [2.24, 2.45) is 0 Å². The number of methoxy groups -OCH3 is 1. The zero-order chi connectivity index (χ0) is 11.5. The number of hydrogen-bond acceptors (Lipinski definition) is 4. The molecule has 0 aliphatic carbocycles. The van der Waals surface area contributed by atoms with Gasteiger partial charge in [0.15, 0.2) is 0 Å². The Morgan fingerprint density at radius 2 is 1.88 bits per heavy atom. The molecular weight excluding hydrogens is 202 g/mol. The first-order valence-corrected chi connectivity index (χ1v) is 5.57. The van der Waals surface area contributed by atoms with Crippen LogP contribution in [0, 0.1) is 0 Å². The number of nitrogen functional groups attached to an aromatic ring is 1. The van der Waals surface area contributed by atoms with Gasteiger partial charge in [-0.15, -0.1) is 0 Å². The van der Waals surface area contributed by atoms with E-state index >= 15 is 0 Å². The third-order valence-corrected chi connectivity index (χ3v) is 3.08. The SMILES string of the molecule is COc1ccc(N)c(N2CCN(C)CC2)c1. The monoisotopic (exact) mass is 221 g/mol. The fourth-order valence-electron chi connectivity index (χ4n) is 1.97. The van der Waals surface area contributed by atoms with E-state index in [1.807, 2.05) is 18.2 Å². The van der Waals surface area contributed by atoms with E-state index < -0.39 is 0 Å². The Bertz CT molecular complexity index is 359. The van der Waals surface area contributed by atoms with E-state index in [2.05, 4.69) is 16.8 Å². The van der Waals surface area contributed by atoms with Crippen LogP contribution in [0.3, 0.4) is 0 Å². The summed E-state index contributed by atoms with van der Waals surface area (Å²) in [5, 5.41) is 0. The van der Waals surface area contributed by atoms with E-state index in [4.69, 9.17) is 10.5 Å². The van der Waals surface area contributed by atoms with Crippen LogP contribution < -0.4 is 15.4 Å². The minimum absolute atomic E-state index is 0.824. The van der Waals surface area contributed by atoms with E-state index in [1.54, 1.807) is 7.11 Å². The molecule has 2 rings (SSSR count). The van der Waals surface area contributed by atoms with Gasteiger partial charge < -0.3 is 20.3 Å². The van der Waals surface area contributed by atoms with Crippen molar-refractivity contribution in [2.75, 3.05) is 51.0 Å². The van der Waals surface area contributed by atoms with Gasteiger partial charge in [0.2, 0.25) is 0 Å². The molecule has 0 unspecified atom stereocenters. The Balaban J connectivity index is 2.19. The highest BCUT2D eigenvalue weighted by molar-refractivity contribution is 5.69. The van der Waals surface area contributed by atoms with Crippen LogP contribution in [-0.2, 0) is 0 Å². The maximum atomic E-state index is 6.00. The number of likely N-dealkylation sites (N-methyl/N-ethyl adjacent to an activating group) is 1. The van der Waals surface area contributed by atoms with Crippen LogP contribution in [0.25, 0.3) is 0 Å². The number of nitrogens with zero attached hydrogens (tertiary/aromatic N) is 2. The summed E-state index contributed by atoms with van der Waals surface area (Å²) < 4.78 is 5.23. The number of piperazine rings is 1. The van der Waals surface area contributed by atoms with Gasteiger partial charge in [-0.3, -0.25) is 0 Å². The molecule has 0 radical (unpaired) electrons. The van der Waals surface area contributed by atoms with E-state index in [0.29, 0.717) is 0 Å². The highest BCUT2D eigenvalue weighted by Gasteiger charge is 2.16. The summed E-state index contributed by atoms with van der Waals surface area (Å²) in [5.74, 6) is 0.864. The molecule has 0 aromatic heterocycles. The number of rotatable bonds is 2.